The fourth-order valence-electron chi connectivity index (χ4n) is 1.47. The molecule has 106 valence electrons. The van der Waals surface area contributed by atoms with Crippen LogP contribution in [-0.2, 0) is 16.2 Å². The van der Waals surface area contributed by atoms with E-state index in [1.807, 2.05) is 0 Å². The van der Waals surface area contributed by atoms with Crippen molar-refractivity contribution in [1.82, 2.24) is 20.1 Å². The second-order valence-electron chi connectivity index (χ2n) is 3.68. The maximum Gasteiger partial charge on any atom is 0.313 e. The number of hydrogen-bond donors (Lipinski definition) is 3. The van der Waals surface area contributed by atoms with Gasteiger partial charge in [-0.1, -0.05) is 11.8 Å². The number of likely N-dealkylation sites (N-methyl/N-ethyl adjacent to an activating group) is 1. The van der Waals surface area contributed by atoms with E-state index in [4.69, 9.17) is 5.11 Å². The standard InChI is InChI=1S/C10H16N4O4S/c1-3-11-9(18)6(2)14-7(4-15)12-13-10(14)19-5-8(16)17/h6,15H,3-5H2,1-2H3,(H,11,18)(H,16,17). The van der Waals surface area contributed by atoms with Crippen LogP contribution in [0.25, 0.3) is 0 Å². The van der Waals surface area contributed by atoms with Crippen LogP contribution >= 0.6 is 11.8 Å². The van der Waals surface area contributed by atoms with Gasteiger partial charge in [0.05, 0.1) is 5.75 Å². The highest BCUT2D eigenvalue weighted by Gasteiger charge is 2.22. The predicted molar refractivity (Wildman–Crippen MR) is 67.7 cm³/mol. The minimum absolute atomic E-state index is 0.189. The van der Waals surface area contributed by atoms with Crippen LogP contribution in [0.15, 0.2) is 5.16 Å². The number of carboxylic acid groups (broad SMARTS) is 1. The van der Waals surface area contributed by atoms with Crippen molar-refractivity contribution < 1.29 is 19.8 Å². The summed E-state index contributed by atoms with van der Waals surface area (Å²) in [6.45, 7) is 3.55. The fourth-order valence-corrected chi connectivity index (χ4v) is 2.22. The van der Waals surface area contributed by atoms with E-state index < -0.39 is 12.0 Å². The van der Waals surface area contributed by atoms with Gasteiger partial charge in [-0.3, -0.25) is 14.2 Å². The van der Waals surface area contributed by atoms with E-state index in [0.717, 1.165) is 11.8 Å². The van der Waals surface area contributed by atoms with E-state index >= 15 is 0 Å². The molecule has 3 N–H and O–H groups in total. The highest BCUT2D eigenvalue weighted by atomic mass is 32.2. The summed E-state index contributed by atoms with van der Waals surface area (Å²) in [6, 6.07) is -0.617. The minimum Gasteiger partial charge on any atom is -0.481 e. The van der Waals surface area contributed by atoms with Gasteiger partial charge < -0.3 is 15.5 Å². The van der Waals surface area contributed by atoms with E-state index in [-0.39, 0.29) is 24.1 Å². The Morgan fingerprint density at radius 3 is 2.68 bits per heavy atom. The number of aliphatic hydroxyl groups is 1. The topological polar surface area (TPSA) is 117 Å². The van der Waals surface area contributed by atoms with E-state index in [9.17, 15) is 14.7 Å². The van der Waals surface area contributed by atoms with Gasteiger partial charge in [0.15, 0.2) is 11.0 Å². The number of carbonyl (C=O) groups is 2. The van der Waals surface area contributed by atoms with Crippen LogP contribution in [0.1, 0.15) is 25.7 Å². The van der Waals surface area contributed by atoms with Crippen LogP contribution in [0.2, 0.25) is 0 Å². The predicted octanol–water partition coefficient (Wildman–Crippen LogP) is -0.356. The Bertz CT molecular complexity index is 462. The number of amides is 1. The second kappa shape index (κ2) is 7.10. The smallest absolute Gasteiger partial charge is 0.313 e. The summed E-state index contributed by atoms with van der Waals surface area (Å²) in [5, 5.41) is 28.3. The van der Waals surface area contributed by atoms with Gasteiger partial charge >= 0.3 is 5.97 Å². The van der Waals surface area contributed by atoms with Crippen molar-refractivity contribution in [2.75, 3.05) is 12.3 Å². The lowest BCUT2D eigenvalue weighted by Gasteiger charge is -2.16. The van der Waals surface area contributed by atoms with Crippen molar-refractivity contribution in [1.29, 1.82) is 0 Å². The highest BCUT2D eigenvalue weighted by molar-refractivity contribution is 7.99. The zero-order valence-electron chi connectivity index (χ0n) is 10.7. The first-order valence-corrected chi connectivity index (χ1v) is 6.66. The van der Waals surface area contributed by atoms with Crippen LogP contribution in [0.3, 0.4) is 0 Å². The number of hydrogen-bond acceptors (Lipinski definition) is 6. The number of carbonyl (C=O) groups excluding carboxylic acids is 1. The largest absolute Gasteiger partial charge is 0.481 e. The van der Waals surface area contributed by atoms with E-state index in [0.29, 0.717) is 11.7 Å². The molecule has 1 amide bonds. The SMILES string of the molecule is CCNC(=O)C(C)n1c(CO)nnc1SCC(=O)O. The average molecular weight is 288 g/mol. The first kappa shape index (κ1) is 15.4. The Balaban J connectivity index is 2.97. The molecule has 1 unspecified atom stereocenters. The van der Waals surface area contributed by atoms with Gasteiger partial charge in [-0.05, 0) is 13.8 Å². The first-order chi connectivity index (χ1) is 9.01. The molecule has 0 saturated heterocycles. The second-order valence-corrected chi connectivity index (χ2v) is 4.62. The fraction of sp³-hybridized carbons (Fsp3) is 0.600. The summed E-state index contributed by atoms with van der Waals surface area (Å²) in [5.74, 6) is -1.19. The molecule has 1 rings (SSSR count). The summed E-state index contributed by atoms with van der Waals surface area (Å²) >= 11 is 0.954. The number of thioether (sulfide) groups is 1. The molecule has 1 aromatic rings. The summed E-state index contributed by atoms with van der Waals surface area (Å²) in [4.78, 5) is 22.4. The molecule has 0 aromatic carbocycles. The van der Waals surface area contributed by atoms with Gasteiger partial charge in [0, 0.05) is 6.54 Å². The van der Waals surface area contributed by atoms with Gasteiger partial charge in [0.25, 0.3) is 0 Å². The van der Waals surface area contributed by atoms with Crippen molar-refractivity contribution in [3.8, 4) is 0 Å². The first-order valence-electron chi connectivity index (χ1n) is 5.68. The maximum absolute atomic E-state index is 11.8. The summed E-state index contributed by atoms with van der Waals surface area (Å²) in [6.07, 6.45) is 0. The molecule has 1 heterocycles. The number of nitrogens with one attached hydrogen (secondary N) is 1. The number of aliphatic carboxylic acids is 1. The van der Waals surface area contributed by atoms with Gasteiger partial charge in [-0.2, -0.15) is 0 Å². The van der Waals surface area contributed by atoms with Crippen molar-refractivity contribution >= 4 is 23.6 Å². The molecule has 0 bridgehead atoms. The van der Waals surface area contributed by atoms with Crippen LogP contribution in [-0.4, -0.2) is 49.2 Å². The third-order valence-electron chi connectivity index (χ3n) is 2.32. The molecule has 8 nitrogen and oxygen atoms in total. The Morgan fingerprint density at radius 1 is 1.47 bits per heavy atom. The average Bonchev–Trinajstić information content (AvgIpc) is 2.78. The van der Waals surface area contributed by atoms with Crippen LogP contribution in [0.5, 0.6) is 0 Å². The highest BCUT2D eigenvalue weighted by Crippen LogP contribution is 2.21. The molecule has 9 heteroatoms. The third-order valence-corrected chi connectivity index (χ3v) is 3.25. The van der Waals surface area contributed by atoms with Crippen molar-refractivity contribution in [2.45, 2.75) is 31.7 Å². The molecular weight excluding hydrogens is 272 g/mol. The lowest BCUT2D eigenvalue weighted by Crippen LogP contribution is -2.31. The van der Waals surface area contributed by atoms with Gasteiger partial charge in [0.2, 0.25) is 5.91 Å². The third kappa shape index (κ3) is 3.93. The Hall–Kier alpha value is -1.61. The molecule has 0 aliphatic carbocycles. The Kier molecular flexibility index (Phi) is 5.77. The molecule has 1 atom stereocenters. The number of carboxylic acids is 1. The van der Waals surface area contributed by atoms with E-state index in [2.05, 4.69) is 15.5 Å². The van der Waals surface area contributed by atoms with Crippen LogP contribution in [0, 0.1) is 0 Å². The van der Waals surface area contributed by atoms with E-state index in [1.165, 1.54) is 4.57 Å². The summed E-state index contributed by atoms with van der Waals surface area (Å²) in [5.41, 5.74) is 0. The van der Waals surface area contributed by atoms with Crippen LogP contribution < -0.4 is 5.32 Å². The maximum atomic E-state index is 11.8. The zero-order chi connectivity index (χ0) is 14.4. The van der Waals surface area contributed by atoms with Crippen LogP contribution in [0.4, 0.5) is 0 Å². The lowest BCUT2D eigenvalue weighted by atomic mass is 10.3. The molecule has 19 heavy (non-hydrogen) atoms. The lowest BCUT2D eigenvalue weighted by molar-refractivity contribution is -0.133. The summed E-state index contributed by atoms with van der Waals surface area (Å²) < 4.78 is 1.44. The number of aliphatic hydroxyl groups excluding tert-OH is 1. The van der Waals surface area contributed by atoms with Gasteiger partial charge in [-0.15, -0.1) is 10.2 Å². The van der Waals surface area contributed by atoms with Crippen molar-refractivity contribution in [3.63, 3.8) is 0 Å². The summed E-state index contributed by atoms with van der Waals surface area (Å²) in [7, 11) is 0. The molecule has 0 saturated carbocycles. The molecule has 0 radical (unpaired) electrons. The monoisotopic (exact) mass is 288 g/mol. The molecule has 0 fully saturated rings. The number of aromatic nitrogens is 3. The molecule has 1 aromatic heterocycles. The Labute approximate surface area is 114 Å². The van der Waals surface area contributed by atoms with Gasteiger partial charge in [0.1, 0.15) is 12.6 Å². The zero-order valence-corrected chi connectivity index (χ0v) is 11.5. The minimum atomic E-state index is -0.990. The quantitative estimate of drug-likeness (QED) is 0.587. The number of rotatable bonds is 7. The number of nitrogens with zero attached hydrogens (tertiary/aromatic N) is 3. The molecular formula is C10H16N4O4S. The van der Waals surface area contributed by atoms with Crippen molar-refractivity contribution in [2.24, 2.45) is 0 Å². The normalized spacial score (nSPS) is 12.2. The van der Waals surface area contributed by atoms with E-state index in [1.54, 1.807) is 13.8 Å². The molecule has 0 aliphatic heterocycles. The van der Waals surface area contributed by atoms with Gasteiger partial charge in [-0.25, -0.2) is 0 Å². The molecule has 0 spiro atoms. The molecule has 0 aliphatic rings. The Morgan fingerprint density at radius 2 is 2.16 bits per heavy atom. The van der Waals surface area contributed by atoms with Crippen molar-refractivity contribution in [3.05, 3.63) is 5.82 Å².